The van der Waals surface area contributed by atoms with E-state index in [1.54, 1.807) is 7.11 Å². The van der Waals surface area contributed by atoms with E-state index >= 15 is 0 Å². The summed E-state index contributed by atoms with van der Waals surface area (Å²) in [6, 6.07) is 15.7. The van der Waals surface area contributed by atoms with E-state index in [1.165, 1.54) is 0 Å². The number of benzene rings is 2. The Bertz CT molecular complexity index is 888. The fourth-order valence-corrected chi connectivity index (χ4v) is 3.92. The second-order valence-electron chi connectivity index (χ2n) is 7.79. The number of methoxy groups -OCH3 is 1. The summed E-state index contributed by atoms with van der Waals surface area (Å²) in [4.78, 5) is 29.4. The summed E-state index contributed by atoms with van der Waals surface area (Å²) in [7, 11) is 1.67. The van der Waals surface area contributed by atoms with Gasteiger partial charge in [0.25, 0.3) is 0 Å². The molecule has 0 spiro atoms. The maximum absolute atomic E-state index is 12.8. The van der Waals surface area contributed by atoms with E-state index in [2.05, 4.69) is 10.2 Å². The predicted octanol–water partition coefficient (Wildman–Crippen LogP) is 2.93. The van der Waals surface area contributed by atoms with E-state index in [0.29, 0.717) is 19.5 Å². The molecule has 1 saturated heterocycles. The molecule has 2 atom stereocenters. The highest BCUT2D eigenvalue weighted by Gasteiger charge is 2.49. The third-order valence-corrected chi connectivity index (χ3v) is 5.78. The van der Waals surface area contributed by atoms with Crippen LogP contribution in [0.5, 0.6) is 5.75 Å². The maximum atomic E-state index is 12.8. The largest absolute Gasteiger partial charge is 0.495 e. The second-order valence-corrected chi connectivity index (χ2v) is 7.79. The number of hydrogen-bond acceptors (Lipinski definition) is 4. The van der Waals surface area contributed by atoms with Gasteiger partial charge < -0.3 is 19.9 Å². The number of piperazine rings is 1. The minimum atomic E-state index is -0.212. The lowest BCUT2D eigenvalue weighted by molar-refractivity contribution is -0.134. The fourth-order valence-electron chi connectivity index (χ4n) is 3.92. The summed E-state index contributed by atoms with van der Waals surface area (Å²) in [6.45, 7) is 4.87. The Hall–Kier alpha value is -3.02. The van der Waals surface area contributed by atoms with Crippen molar-refractivity contribution in [2.75, 3.05) is 43.5 Å². The molecule has 152 valence electrons. The first-order chi connectivity index (χ1) is 14.1. The Morgan fingerprint density at radius 3 is 2.34 bits per heavy atom. The lowest BCUT2D eigenvalue weighted by Crippen LogP contribution is -2.49. The van der Waals surface area contributed by atoms with Gasteiger partial charge >= 0.3 is 0 Å². The van der Waals surface area contributed by atoms with Gasteiger partial charge in [-0.05, 0) is 37.6 Å². The molecule has 6 nitrogen and oxygen atoms in total. The number of rotatable bonds is 5. The molecule has 29 heavy (non-hydrogen) atoms. The standard InChI is InChI=1S/C23H27N3O3/c1-16-7-9-17(10-8-16)24-22(27)18-15-19(18)23(28)26-13-11-25(12-14-26)20-5-3-4-6-21(20)29-2/h3-10,18-19H,11-15H2,1-2H3,(H,24,27). The van der Waals surface area contributed by atoms with Crippen molar-refractivity contribution < 1.29 is 14.3 Å². The molecule has 0 aromatic heterocycles. The number of carbonyl (C=O) groups excluding carboxylic acids is 2. The van der Waals surface area contributed by atoms with Gasteiger partial charge in [-0.2, -0.15) is 0 Å². The minimum absolute atomic E-state index is 0.0557. The summed E-state index contributed by atoms with van der Waals surface area (Å²) in [6.07, 6.45) is 0.642. The van der Waals surface area contributed by atoms with E-state index in [4.69, 9.17) is 4.74 Å². The molecule has 1 N–H and O–H groups in total. The molecule has 0 radical (unpaired) electrons. The van der Waals surface area contributed by atoms with Gasteiger partial charge in [0.1, 0.15) is 5.75 Å². The molecule has 2 aromatic rings. The Balaban J connectivity index is 1.29. The third-order valence-electron chi connectivity index (χ3n) is 5.78. The van der Waals surface area contributed by atoms with Gasteiger partial charge in [0.15, 0.2) is 0 Å². The Morgan fingerprint density at radius 2 is 1.66 bits per heavy atom. The zero-order valence-corrected chi connectivity index (χ0v) is 16.9. The summed E-state index contributed by atoms with van der Waals surface area (Å²) < 4.78 is 5.45. The molecule has 2 fully saturated rings. The van der Waals surface area contributed by atoms with Crippen LogP contribution in [0.1, 0.15) is 12.0 Å². The normalized spacial score (nSPS) is 20.9. The van der Waals surface area contributed by atoms with Crippen LogP contribution in [0.2, 0.25) is 0 Å². The minimum Gasteiger partial charge on any atom is -0.495 e. The number of ether oxygens (including phenoxy) is 1. The summed E-state index contributed by atoms with van der Waals surface area (Å²) in [5.41, 5.74) is 2.99. The molecule has 1 saturated carbocycles. The van der Waals surface area contributed by atoms with Crippen LogP contribution < -0.4 is 15.0 Å². The van der Waals surface area contributed by atoms with Crippen molar-refractivity contribution in [2.45, 2.75) is 13.3 Å². The third kappa shape index (κ3) is 4.21. The van der Waals surface area contributed by atoms with E-state index in [-0.39, 0.29) is 23.7 Å². The number of amides is 2. The SMILES string of the molecule is COc1ccccc1N1CCN(C(=O)C2CC2C(=O)Nc2ccc(C)cc2)CC1. The quantitative estimate of drug-likeness (QED) is 0.849. The molecule has 1 aliphatic carbocycles. The monoisotopic (exact) mass is 393 g/mol. The first-order valence-corrected chi connectivity index (χ1v) is 10.1. The van der Waals surface area contributed by atoms with Crippen LogP contribution in [0.25, 0.3) is 0 Å². The van der Waals surface area contributed by atoms with Gasteiger partial charge in [0, 0.05) is 31.9 Å². The van der Waals surface area contributed by atoms with E-state index in [0.717, 1.165) is 35.8 Å². The summed E-state index contributed by atoms with van der Waals surface area (Å²) >= 11 is 0. The second kappa shape index (κ2) is 8.15. The number of carbonyl (C=O) groups is 2. The van der Waals surface area contributed by atoms with Crippen LogP contribution in [0.3, 0.4) is 0 Å². The van der Waals surface area contributed by atoms with E-state index < -0.39 is 0 Å². The highest BCUT2D eigenvalue weighted by Crippen LogP contribution is 2.41. The van der Waals surface area contributed by atoms with Crippen molar-refractivity contribution in [3.8, 4) is 5.75 Å². The van der Waals surface area contributed by atoms with Gasteiger partial charge in [-0.1, -0.05) is 29.8 Å². The van der Waals surface area contributed by atoms with E-state index in [9.17, 15) is 9.59 Å². The summed E-state index contributed by atoms with van der Waals surface area (Å²) in [5.74, 6) is 0.505. The smallest absolute Gasteiger partial charge is 0.228 e. The number of para-hydroxylation sites is 2. The number of nitrogens with one attached hydrogen (secondary N) is 1. The molecular formula is C23H27N3O3. The zero-order chi connectivity index (χ0) is 20.4. The topological polar surface area (TPSA) is 61.9 Å². The summed E-state index contributed by atoms with van der Waals surface area (Å²) in [5, 5.41) is 2.93. The average molecular weight is 393 g/mol. The van der Waals surface area contributed by atoms with Crippen molar-refractivity contribution in [1.82, 2.24) is 4.90 Å². The Kier molecular flexibility index (Phi) is 5.43. The van der Waals surface area contributed by atoms with Crippen molar-refractivity contribution in [3.63, 3.8) is 0 Å². The molecule has 2 aliphatic rings. The first-order valence-electron chi connectivity index (χ1n) is 10.1. The van der Waals surface area contributed by atoms with Gasteiger partial charge in [-0.25, -0.2) is 0 Å². The molecule has 2 aromatic carbocycles. The Morgan fingerprint density at radius 1 is 0.966 bits per heavy atom. The number of hydrogen-bond donors (Lipinski definition) is 1. The van der Waals surface area contributed by atoms with Crippen molar-refractivity contribution in [2.24, 2.45) is 11.8 Å². The zero-order valence-electron chi connectivity index (χ0n) is 16.9. The molecule has 1 heterocycles. The Labute approximate surface area is 171 Å². The van der Waals surface area contributed by atoms with Gasteiger partial charge in [0.05, 0.1) is 24.6 Å². The molecule has 0 bridgehead atoms. The first kappa shape index (κ1) is 19.3. The predicted molar refractivity (Wildman–Crippen MR) is 113 cm³/mol. The number of nitrogens with zero attached hydrogens (tertiary/aromatic N) is 2. The molecule has 1 aliphatic heterocycles. The lowest BCUT2D eigenvalue weighted by atomic mass is 10.2. The highest BCUT2D eigenvalue weighted by atomic mass is 16.5. The van der Waals surface area contributed by atoms with Crippen LogP contribution in [0, 0.1) is 18.8 Å². The maximum Gasteiger partial charge on any atom is 0.228 e. The molecule has 4 rings (SSSR count). The van der Waals surface area contributed by atoms with Crippen molar-refractivity contribution >= 4 is 23.2 Å². The number of aryl methyl sites for hydroxylation is 1. The van der Waals surface area contributed by atoms with Crippen LogP contribution in [-0.4, -0.2) is 50.0 Å². The van der Waals surface area contributed by atoms with Crippen LogP contribution in [0.4, 0.5) is 11.4 Å². The van der Waals surface area contributed by atoms with Crippen molar-refractivity contribution in [1.29, 1.82) is 0 Å². The molecule has 6 heteroatoms. The lowest BCUT2D eigenvalue weighted by Gasteiger charge is -2.36. The average Bonchev–Trinajstić information content (AvgIpc) is 3.56. The molecular weight excluding hydrogens is 366 g/mol. The fraction of sp³-hybridized carbons (Fsp3) is 0.391. The van der Waals surface area contributed by atoms with Crippen molar-refractivity contribution in [3.05, 3.63) is 54.1 Å². The van der Waals surface area contributed by atoms with Crippen LogP contribution in [0.15, 0.2) is 48.5 Å². The molecule has 2 unspecified atom stereocenters. The van der Waals surface area contributed by atoms with Gasteiger partial charge in [-0.15, -0.1) is 0 Å². The highest BCUT2D eigenvalue weighted by molar-refractivity contribution is 5.99. The van der Waals surface area contributed by atoms with E-state index in [1.807, 2.05) is 60.4 Å². The molecule has 2 amide bonds. The number of anilines is 2. The van der Waals surface area contributed by atoms with Gasteiger partial charge in [0.2, 0.25) is 11.8 Å². The van der Waals surface area contributed by atoms with Crippen LogP contribution >= 0.6 is 0 Å². The van der Waals surface area contributed by atoms with Gasteiger partial charge in [-0.3, -0.25) is 9.59 Å². The van der Waals surface area contributed by atoms with Crippen LogP contribution in [-0.2, 0) is 9.59 Å².